The number of ether oxygens (including phenoxy) is 1. The fourth-order valence-electron chi connectivity index (χ4n) is 1.55. The van der Waals surface area contributed by atoms with Crippen LogP contribution in [0.5, 0.6) is 11.5 Å². The molecular formula is C13H8Br2FNO3. The van der Waals surface area contributed by atoms with Gasteiger partial charge in [-0.15, -0.1) is 0 Å². The average Bonchev–Trinajstić information content (AvgIpc) is 2.40. The highest BCUT2D eigenvalue weighted by atomic mass is 79.9. The summed E-state index contributed by atoms with van der Waals surface area (Å²) in [4.78, 5) is 10.2. The number of nitro groups is 1. The molecule has 0 aliphatic carbocycles. The fourth-order valence-corrected chi connectivity index (χ4v) is 2.36. The second-order valence-corrected chi connectivity index (χ2v) is 5.38. The van der Waals surface area contributed by atoms with Gasteiger partial charge in [0, 0.05) is 15.9 Å². The number of hydrogen-bond acceptors (Lipinski definition) is 3. The van der Waals surface area contributed by atoms with Crippen LogP contribution in [-0.2, 0) is 5.33 Å². The van der Waals surface area contributed by atoms with E-state index in [1.54, 1.807) is 6.07 Å². The van der Waals surface area contributed by atoms with Crippen LogP contribution >= 0.6 is 31.9 Å². The summed E-state index contributed by atoms with van der Waals surface area (Å²) in [7, 11) is 0. The Kier molecular flexibility index (Phi) is 4.72. The Labute approximate surface area is 131 Å². The molecule has 0 heterocycles. The molecule has 0 aliphatic rings. The van der Waals surface area contributed by atoms with Crippen LogP contribution in [0.1, 0.15) is 5.56 Å². The van der Waals surface area contributed by atoms with Gasteiger partial charge in [-0.25, -0.2) is 4.39 Å². The molecule has 2 aromatic carbocycles. The van der Waals surface area contributed by atoms with Crippen molar-refractivity contribution in [1.29, 1.82) is 0 Å². The topological polar surface area (TPSA) is 52.4 Å². The van der Waals surface area contributed by atoms with Gasteiger partial charge in [0.2, 0.25) is 0 Å². The quantitative estimate of drug-likeness (QED) is 0.400. The maximum atomic E-state index is 13.8. The number of nitrogens with zero attached hydrogens (tertiary/aromatic N) is 1. The maximum Gasteiger partial charge on any atom is 0.274 e. The lowest BCUT2D eigenvalue weighted by molar-refractivity contribution is -0.385. The van der Waals surface area contributed by atoms with Gasteiger partial charge in [-0.3, -0.25) is 10.1 Å². The molecule has 0 unspecified atom stereocenters. The van der Waals surface area contributed by atoms with Crippen molar-refractivity contribution in [3.05, 3.63) is 62.4 Å². The maximum absolute atomic E-state index is 13.8. The van der Waals surface area contributed by atoms with Crippen LogP contribution in [0.3, 0.4) is 0 Å². The molecule has 0 saturated heterocycles. The molecule has 104 valence electrons. The van der Waals surface area contributed by atoms with Crippen molar-refractivity contribution in [3.63, 3.8) is 0 Å². The Morgan fingerprint density at radius 3 is 2.60 bits per heavy atom. The normalized spacial score (nSPS) is 10.3. The number of alkyl halides is 1. The van der Waals surface area contributed by atoms with Gasteiger partial charge < -0.3 is 4.74 Å². The van der Waals surface area contributed by atoms with Gasteiger partial charge in [-0.2, -0.15) is 0 Å². The molecule has 7 heteroatoms. The van der Waals surface area contributed by atoms with E-state index in [1.165, 1.54) is 30.3 Å². The summed E-state index contributed by atoms with van der Waals surface area (Å²) in [6.07, 6.45) is 0. The van der Waals surface area contributed by atoms with E-state index < -0.39 is 10.7 Å². The van der Waals surface area contributed by atoms with Crippen molar-refractivity contribution < 1.29 is 14.1 Å². The van der Waals surface area contributed by atoms with Crippen LogP contribution < -0.4 is 4.74 Å². The zero-order valence-corrected chi connectivity index (χ0v) is 13.1. The van der Waals surface area contributed by atoms with E-state index in [1.807, 2.05) is 0 Å². The largest absolute Gasteiger partial charge is 0.454 e. The Morgan fingerprint density at radius 2 is 2.00 bits per heavy atom. The van der Waals surface area contributed by atoms with Crippen LogP contribution in [0.4, 0.5) is 10.1 Å². The van der Waals surface area contributed by atoms with E-state index in [0.717, 1.165) is 5.56 Å². The van der Waals surface area contributed by atoms with Crippen molar-refractivity contribution in [2.45, 2.75) is 5.33 Å². The lowest BCUT2D eigenvalue weighted by Crippen LogP contribution is -1.92. The predicted molar refractivity (Wildman–Crippen MR) is 79.9 cm³/mol. The van der Waals surface area contributed by atoms with E-state index in [2.05, 4.69) is 31.9 Å². The van der Waals surface area contributed by atoms with E-state index >= 15 is 0 Å². The molecule has 0 N–H and O–H groups in total. The molecule has 0 bridgehead atoms. The number of nitro benzene ring substituents is 1. The van der Waals surface area contributed by atoms with Gasteiger partial charge in [0.05, 0.1) is 11.0 Å². The van der Waals surface area contributed by atoms with E-state index in [9.17, 15) is 14.5 Å². The zero-order valence-electron chi connectivity index (χ0n) is 9.98. The summed E-state index contributed by atoms with van der Waals surface area (Å²) in [5, 5.41) is 11.3. The summed E-state index contributed by atoms with van der Waals surface area (Å²) in [6.45, 7) is 0. The van der Waals surface area contributed by atoms with Gasteiger partial charge >= 0.3 is 0 Å². The molecule has 0 radical (unpaired) electrons. The summed E-state index contributed by atoms with van der Waals surface area (Å²) in [5.74, 6) is -0.316. The second kappa shape index (κ2) is 6.32. The van der Waals surface area contributed by atoms with Gasteiger partial charge in [0.25, 0.3) is 5.69 Å². The average molecular weight is 405 g/mol. The Bertz CT molecular complexity index is 664. The molecule has 0 fully saturated rings. The number of rotatable bonds is 4. The van der Waals surface area contributed by atoms with Crippen molar-refractivity contribution >= 4 is 37.5 Å². The number of non-ortho nitro benzene ring substituents is 1. The Hall–Kier alpha value is -1.47. The molecule has 0 amide bonds. The first-order chi connectivity index (χ1) is 9.49. The third kappa shape index (κ3) is 3.55. The first kappa shape index (κ1) is 14.9. The van der Waals surface area contributed by atoms with Crippen molar-refractivity contribution in [2.75, 3.05) is 0 Å². The van der Waals surface area contributed by atoms with Crippen molar-refractivity contribution in [1.82, 2.24) is 0 Å². The summed E-state index contributed by atoms with van der Waals surface area (Å²) in [6, 6.07) is 8.65. The smallest absolute Gasteiger partial charge is 0.274 e. The van der Waals surface area contributed by atoms with Crippen LogP contribution in [-0.4, -0.2) is 4.92 Å². The number of halogens is 3. The fraction of sp³-hybridized carbons (Fsp3) is 0.0769. The SMILES string of the molecule is O=[N+]([O-])c1cc(Br)cc(Oc2ccc(CBr)cc2F)c1. The Balaban J connectivity index is 2.32. The molecule has 0 aliphatic heterocycles. The number of benzene rings is 2. The van der Waals surface area contributed by atoms with Crippen LogP contribution in [0.15, 0.2) is 40.9 Å². The van der Waals surface area contributed by atoms with E-state index in [-0.39, 0.29) is 17.2 Å². The first-order valence-electron chi connectivity index (χ1n) is 5.47. The minimum atomic E-state index is -0.540. The van der Waals surface area contributed by atoms with Crippen molar-refractivity contribution in [3.8, 4) is 11.5 Å². The minimum Gasteiger partial charge on any atom is -0.454 e. The van der Waals surface area contributed by atoms with Gasteiger partial charge in [0.15, 0.2) is 11.6 Å². The summed E-state index contributed by atoms with van der Waals surface area (Å²) >= 11 is 6.38. The highest BCUT2D eigenvalue weighted by molar-refractivity contribution is 9.10. The van der Waals surface area contributed by atoms with Gasteiger partial charge in [-0.05, 0) is 23.8 Å². The van der Waals surface area contributed by atoms with Crippen LogP contribution in [0, 0.1) is 15.9 Å². The highest BCUT2D eigenvalue weighted by Gasteiger charge is 2.12. The van der Waals surface area contributed by atoms with Crippen LogP contribution in [0.25, 0.3) is 0 Å². The molecule has 20 heavy (non-hydrogen) atoms. The van der Waals surface area contributed by atoms with E-state index in [4.69, 9.17) is 4.74 Å². The lowest BCUT2D eigenvalue weighted by Gasteiger charge is -2.08. The third-order valence-electron chi connectivity index (χ3n) is 2.45. The zero-order chi connectivity index (χ0) is 14.7. The van der Waals surface area contributed by atoms with E-state index in [0.29, 0.717) is 9.80 Å². The second-order valence-electron chi connectivity index (χ2n) is 3.90. The first-order valence-corrected chi connectivity index (χ1v) is 7.38. The highest BCUT2D eigenvalue weighted by Crippen LogP contribution is 2.31. The number of hydrogen-bond donors (Lipinski definition) is 0. The predicted octanol–water partition coefficient (Wildman–Crippen LogP) is 5.18. The Morgan fingerprint density at radius 1 is 1.25 bits per heavy atom. The molecule has 0 spiro atoms. The van der Waals surface area contributed by atoms with Gasteiger partial charge in [0.1, 0.15) is 5.75 Å². The molecule has 0 atom stereocenters. The van der Waals surface area contributed by atoms with Crippen LogP contribution in [0.2, 0.25) is 0 Å². The molecule has 4 nitrogen and oxygen atoms in total. The third-order valence-corrected chi connectivity index (χ3v) is 3.55. The molecule has 0 aromatic heterocycles. The minimum absolute atomic E-state index is 0.0158. The standard InChI is InChI=1S/C13H8Br2FNO3/c14-7-8-1-2-13(12(16)3-8)20-11-5-9(15)4-10(6-11)17(18)19/h1-6H,7H2. The summed E-state index contributed by atoms with van der Waals surface area (Å²) < 4.78 is 19.6. The van der Waals surface area contributed by atoms with Gasteiger partial charge in [-0.1, -0.05) is 37.9 Å². The molecule has 2 rings (SSSR count). The summed E-state index contributed by atoms with van der Waals surface area (Å²) in [5.41, 5.74) is 0.641. The molecular weight excluding hydrogens is 397 g/mol. The van der Waals surface area contributed by atoms with Crippen molar-refractivity contribution in [2.24, 2.45) is 0 Å². The lowest BCUT2D eigenvalue weighted by atomic mass is 10.2. The monoisotopic (exact) mass is 403 g/mol. The molecule has 2 aromatic rings. The molecule has 0 saturated carbocycles.